The summed E-state index contributed by atoms with van der Waals surface area (Å²) in [6.45, 7) is 3.41. The molecule has 26 heavy (non-hydrogen) atoms. The Morgan fingerprint density at radius 2 is 1.12 bits per heavy atom. The van der Waals surface area contributed by atoms with Crippen LogP contribution in [0.5, 0.6) is 0 Å². The quantitative estimate of drug-likeness (QED) is 0.608. The smallest absolute Gasteiger partial charge is 0.145 e. The van der Waals surface area contributed by atoms with Crippen LogP contribution in [0.4, 0.5) is 0 Å². The SMILES string of the molecule is C[C@@H](O)c1nnc(C2CC(N)C2)s1.C[C@@H](O)c1nnc(C2CC(N)C2)s1. The number of aliphatic hydroxyl groups excluding tert-OH is 2. The van der Waals surface area contributed by atoms with E-state index in [0.29, 0.717) is 33.9 Å². The van der Waals surface area contributed by atoms with Gasteiger partial charge in [-0.1, -0.05) is 22.7 Å². The number of nitrogens with two attached hydrogens (primary N) is 2. The van der Waals surface area contributed by atoms with Crippen LogP contribution < -0.4 is 11.5 Å². The van der Waals surface area contributed by atoms with Gasteiger partial charge < -0.3 is 21.7 Å². The van der Waals surface area contributed by atoms with Crippen molar-refractivity contribution in [3.63, 3.8) is 0 Å². The Labute approximate surface area is 160 Å². The molecule has 0 amide bonds. The predicted molar refractivity (Wildman–Crippen MR) is 101 cm³/mol. The first-order valence-electron chi connectivity index (χ1n) is 8.87. The highest BCUT2D eigenvalue weighted by Crippen LogP contribution is 2.38. The van der Waals surface area contributed by atoms with Gasteiger partial charge in [0.1, 0.15) is 32.2 Å². The third-order valence-electron chi connectivity index (χ3n) is 4.67. The van der Waals surface area contributed by atoms with Crippen LogP contribution in [0.1, 0.15) is 83.6 Å². The number of nitrogens with zero attached hydrogens (tertiary/aromatic N) is 4. The Balaban J connectivity index is 0.000000151. The molecule has 2 aromatic rings. The molecule has 2 aliphatic carbocycles. The summed E-state index contributed by atoms with van der Waals surface area (Å²) in [5.41, 5.74) is 11.4. The van der Waals surface area contributed by atoms with E-state index in [1.807, 2.05) is 0 Å². The van der Waals surface area contributed by atoms with Crippen LogP contribution >= 0.6 is 22.7 Å². The van der Waals surface area contributed by atoms with Crippen LogP contribution in [0.2, 0.25) is 0 Å². The second-order valence-corrected chi connectivity index (χ2v) is 9.25. The molecule has 0 saturated heterocycles. The predicted octanol–water partition coefficient (Wildman–Crippen LogP) is 1.59. The molecule has 0 bridgehead atoms. The Kier molecular flexibility index (Phi) is 6.31. The zero-order valence-electron chi connectivity index (χ0n) is 14.9. The number of hydrogen-bond donors (Lipinski definition) is 4. The molecule has 2 fully saturated rings. The van der Waals surface area contributed by atoms with Crippen molar-refractivity contribution in [3.05, 3.63) is 20.0 Å². The molecule has 0 spiro atoms. The molecule has 0 radical (unpaired) electrons. The highest BCUT2D eigenvalue weighted by Gasteiger charge is 2.31. The minimum atomic E-state index is -0.500. The van der Waals surface area contributed by atoms with E-state index in [-0.39, 0.29) is 0 Å². The molecule has 0 aromatic carbocycles. The average molecular weight is 399 g/mol. The number of aliphatic hydroxyl groups is 2. The summed E-state index contributed by atoms with van der Waals surface area (Å²) in [5.74, 6) is 0.972. The molecule has 0 aliphatic heterocycles. The lowest BCUT2D eigenvalue weighted by Gasteiger charge is -2.30. The Morgan fingerprint density at radius 3 is 1.35 bits per heavy atom. The summed E-state index contributed by atoms with van der Waals surface area (Å²) in [7, 11) is 0. The number of rotatable bonds is 4. The zero-order chi connectivity index (χ0) is 18.8. The third kappa shape index (κ3) is 4.62. The van der Waals surface area contributed by atoms with Gasteiger partial charge in [-0.15, -0.1) is 20.4 Å². The monoisotopic (exact) mass is 398 g/mol. The van der Waals surface area contributed by atoms with Crippen LogP contribution in [-0.4, -0.2) is 42.7 Å². The van der Waals surface area contributed by atoms with Gasteiger partial charge in [-0.05, 0) is 39.5 Å². The zero-order valence-corrected chi connectivity index (χ0v) is 16.6. The molecule has 8 nitrogen and oxygen atoms in total. The summed E-state index contributed by atoms with van der Waals surface area (Å²) < 4.78 is 0. The largest absolute Gasteiger partial charge is 0.386 e. The van der Waals surface area contributed by atoms with Gasteiger partial charge in [-0.25, -0.2) is 0 Å². The summed E-state index contributed by atoms with van der Waals surface area (Å²) >= 11 is 3.00. The van der Waals surface area contributed by atoms with Gasteiger partial charge in [-0.2, -0.15) is 0 Å². The molecule has 2 saturated carbocycles. The number of aromatic nitrogens is 4. The highest BCUT2D eigenvalue weighted by molar-refractivity contribution is 7.11. The fraction of sp³-hybridized carbons (Fsp3) is 0.750. The van der Waals surface area contributed by atoms with Crippen LogP contribution in [0.25, 0.3) is 0 Å². The third-order valence-corrected chi connectivity index (χ3v) is 7.19. The first-order chi connectivity index (χ1) is 12.3. The molecular formula is C16H26N6O2S2. The normalized spacial score (nSPS) is 29.8. The average Bonchev–Trinajstić information content (AvgIpc) is 3.18. The molecule has 0 unspecified atom stereocenters. The maximum atomic E-state index is 9.24. The maximum absolute atomic E-state index is 9.24. The Bertz CT molecular complexity index is 647. The van der Waals surface area contributed by atoms with E-state index in [4.69, 9.17) is 11.5 Å². The molecule has 2 atom stereocenters. The summed E-state index contributed by atoms with van der Waals surface area (Å²) in [6.07, 6.45) is 3.03. The van der Waals surface area contributed by atoms with E-state index in [1.54, 1.807) is 13.8 Å². The van der Waals surface area contributed by atoms with Crippen LogP contribution in [0.15, 0.2) is 0 Å². The van der Waals surface area contributed by atoms with E-state index < -0.39 is 12.2 Å². The highest BCUT2D eigenvalue weighted by atomic mass is 32.1. The molecule has 144 valence electrons. The molecule has 10 heteroatoms. The molecule has 2 heterocycles. The van der Waals surface area contributed by atoms with Crippen molar-refractivity contribution in [1.82, 2.24) is 20.4 Å². The van der Waals surface area contributed by atoms with E-state index >= 15 is 0 Å². The molecule has 4 rings (SSSR count). The van der Waals surface area contributed by atoms with Crippen molar-refractivity contribution < 1.29 is 10.2 Å². The van der Waals surface area contributed by atoms with Gasteiger partial charge in [0.2, 0.25) is 0 Å². The molecular weight excluding hydrogens is 372 g/mol. The van der Waals surface area contributed by atoms with Crippen molar-refractivity contribution in [1.29, 1.82) is 0 Å². The second-order valence-electron chi connectivity index (χ2n) is 7.17. The lowest BCUT2D eigenvalue weighted by Crippen LogP contribution is -2.34. The minimum absolute atomic E-state index is 0.337. The van der Waals surface area contributed by atoms with Crippen molar-refractivity contribution in [2.24, 2.45) is 11.5 Å². The molecule has 2 aliphatic rings. The van der Waals surface area contributed by atoms with Gasteiger partial charge in [0.25, 0.3) is 0 Å². The van der Waals surface area contributed by atoms with E-state index in [0.717, 1.165) is 35.7 Å². The first kappa shape index (κ1) is 19.7. The number of hydrogen-bond acceptors (Lipinski definition) is 10. The van der Waals surface area contributed by atoms with Gasteiger partial charge in [0.15, 0.2) is 0 Å². The van der Waals surface area contributed by atoms with E-state index in [2.05, 4.69) is 20.4 Å². The van der Waals surface area contributed by atoms with Crippen molar-refractivity contribution >= 4 is 22.7 Å². The van der Waals surface area contributed by atoms with Crippen LogP contribution in [0, 0.1) is 0 Å². The fourth-order valence-electron chi connectivity index (χ4n) is 2.89. The Hall–Kier alpha value is -1.04. The van der Waals surface area contributed by atoms with Crippen molar-refractivity contribution in [2.45, 2.75) is 75.7 Å². The second kappa shape index (κ2) is 8.32. The van der Waals surface area contributed by atoms with E-state index in [9.17, 15) is 10.2 Å². The maximum Gasteiger partial charge on any atom is 0.145 e. The van der Waals surface area contributed by atoms with Gasteiger partial charge >= 0.3 is 0 Å². The fourth-order valence-corrected chi connectivity index (χ4v) is 4.70. The topological polar surface area (TPSA) is 144 Å². The van der Waals surface area contributed by atoms with Crippen LogP contribution in [0.3, 0.4) is 0 Å². The molecule has 2 aromatic heterocycles. The van der Waals surface area contributed by atoms with Crippen molar-refractivity contribution in [2.75, 3.05) is 0 Å². The first-order valence-corrected chi connectivity index (χ1v) is 10.5. The van der Waals surface area contributed by atoms with Gasteiger partial charge in [0.05, 0.1) is 0 Å². The molecule has 6 N–H and O–H groups in total. The summed E-state index contributed by atoms with van der Waals surface area (Å²) in [6, 6.07) is 0.674. The van der Waals surface area contributed by atoms with Crippen molar-refractivity contribution in [3.8, 4) is 0 Å². The summed E-state index contributed by atoms with van der Waals surface area (Å²) in [4.78, 5) is 0. The van der Waals surface area contributed by atoms with E-state index in [1.165, 1.54) is 22.7 Å². The Morgan fingerprint density at radius 1 is 0.769 bits per heavy atom. The van der Waals surface area contributed by atoms with Gasteiger partial charge in [0, 0.05) is 23.9 Å². The van der Waals surface area contributed by atoms with Gasteiger partial charge in [-0.3, -0.25) is 0 Å². The lowest BCUT2D eigenvalue weighted by molar-refractivity contribution is 0.197. The lowest BCUT2D eigenvalue weighted by atomic mass is 9.81. The summed E-state index contributed by atoms with van der Waals surface area (Å²) in [5, 5.41) is 37.9. The minimum Gasteiger partial charge on any atom is -0.386 e. The van der Waals surface area contributed by atoms with Crippen LogP contribution in [-0.2, 0) is 0 Å². The standard InChI is InChI=1S/2C8H13N3OS/c2*1-4(12)7-10-11-8(13-7)5-2-6(9)3-5/h2*4-6,12H,2-3,9H2,1H3/t2*4-,5?,6?/m11/s1.